The number of rotatable bonds is 9. The number of nitrogens with one attached hydrogen (secondary N) is 1. The Morgan fingerprint density at radius 1 is 1.12 bits per heavy atom. The highest BCUT2D eigenvalue weighted by Crippen LogP contribution is 2.37. The highest BCUT2D eigenvalue weighted by Gasteiger charge is 2.27. The SMILES string of the molecule is NC(=O)c1c(NC(=O)CCCSc2ccc(Cl)cc2)sc2c1CCN(Cc1ccccc1)C2. The molecular weight excluding hydrogens is 474 g/mol. The molecule has 0 saturated heterocycles. The molecule has 2 heterocycles. The van der Waals surface area contributed by atoms with Gasteiger partial charge in [0, 0.05) is 40.9 Å². The molecule has 0 saturated carbocycles. The van der Waals surface area contributed by atoms with Crippen LogP contribution in [-0.2, 0) is 24.3 Å². The van der Waals surface area contributed by atoms with Crippen molar-refractivity contribution in [2.45, 2.75) is 37.2 Å². The van der Waals surface area contributed by atoms with Crippen LogP contribution in [0.15, 0.2) is 59.5 Å². The van der Waals surface area contributed by atoms with Crippen LogP contribution < -0.4 is 11.1 Å². The Bertz CT molecular complexity index is 1120. The van der Waals surface area contributed by atoms with Crippen molar-refractivity contribution >= 4 is 51.5 Å². The van der Waals surface area contributed by atoms with Crippen molar-refractivity contribution in [1.29, 1.82) is 0 Å². The van der Waals surface area contributed by atoms with Crippen LogP contribution >= 0.6 is 34.7 Å². The van der Waals surface area contributed by atoms with Gasteiger partial charge in [-0.2, -0.15) is 0 Å². The van der Waals surface area contributed by atoms with E-state index in [1.54, 1.807) is 11.8 Å². The number of nitrogens with zero attached hydrogens (tertiary/aromatic N) is 1. The molecular formula is C25H26ClN3O2S2. The number of amides is 2. The quantitative estimate of drug-likeness (QED) is 0.298. The van der Waals surface area contributed by atoms with Gasteiger partial charge in [-0.25, -0.2) is 0 Å². The average molecular weight is 500 g/mol. The molecule has 0 aliphatic carbocycles. The minimum atomic E-state index is -0.474. The molecule has 1 aliphatic rings. The number of anilines is 1. The number of halogens is 1. The number of hydrogen-bond acceptors (Lipinski definition) is 5. The third kappa shape index (κ3) is 6.38. The molecule has 5 nitrogen and oxygen atoms in total. The van der Waals surface area contributed by atoms with E-state index in [0.717, 1.165) is 53.6 Å². The van der Waals surface area contributed by atoms with E-state index in [1.165, 1.54) is 16.9 Å². The fourth-order valence-electron chi connectivity index (χ4n) is 3.92. The number of carbonyl (C=O) groups is 2. The molecule has 0 spiro atoms. The Labute approximate surface area is 207 Å². The van der Waals surface area contributed by atoms with E-state index in [4.69, 9.17) is 17.3 Å². The van der Waals surface area contributed by atoms with Gasteiger partial charge in [0.1, 0.15) is 5.00 Å². The zero-order chi connectivity index (χ0) is 23.2. The van der Waals surface area contributed by atoms with E-state index in [9.17, 15) is 9.59 Å². The standard InChI is InChI=1S/C25H26ClN3O2S2/c26-18-8-10-19(11-9-18)32-14-4-7-22(30)28-25-23(24(27)31)20-12-13-29(16-21(20)33-25)15-17-5-2-1-3-6-17/h1-3,5-6,8-11H,4,7,12-16H2,(H2,27,31)(H,28,30). The number of primary amides is 1. The van der Waals surface area contributed by atoms with Gasteiger partial charge >= 0.3 is 0 Å². The first-order valence-electron chi connectivity index (χ1n) is 10.9. The Kier molecular flexibility index (Phi) is 8.09. The van der Waals surface area contributed by atoms with Crippen LogP contribution in [0, 0.1) is 0 Å². The lowest BCUT2D eigenvalue weighted by Crippen LogP contribution is -2.30. The maximum Gasteiger partial charge on any atom is 0.251 e. The van der Waals surface area contributed by atoms with Crippen molar-refractivity contribution < 1.29 is 9.59 Å². The number of thiophene rings is 1. The van der Waals surface area contributed by atoms with E-state index in [1.807, 2.05) is 42.5 Å². The van der Waals surface area contributed by atoms with Gasteiger partial charge in [-0.3, -0.25) is 14.5 Å². The zero-order valence-electron chi connectivity index (χ0n) is 18.2. The van der Waals surface area contributed by atoms with Crippen LogP contribution in [-0.4, -0.2) is 29.0 Å². The number of thioether (sulfide) groups is 1. The number of fused-ring (bicyclic) bond motifs is 1. The molecule has 2 amide bonds. The molecule has 1 aromatic heterocycles. The van der Waals surface area contributed by atoms with E-state index in [0.29, 0.717) is 22.0 Å². The van der Waals surface area contributed by atoms with Crippen molar-refractivity contribution in [3.63, 3.8) is 0 Å². The number of nitrogens with two attached hydrogens (primary N) is 1. The molecule has 0 radical (unpaired) electrons. The van der Waals surface area contributed by atoms with Crippen molar-refractivity contribution in [3.05, 3.63) is 81.2 Å². The summed E-state index contributed by atoms with van der Waals surface area (Å²) < 4.78 is 0. The first-order valence-corrected chi connectivity index (χ1v) is 13.1. The van der Waals surface area contributed by atoms with Crippen LogP contribution in [0.3, 0.4) is 0 Å². The second kappa shape index (κ2) is 11.2. The fourth-order valence-corrected chi connectivity index (χ4v) is 6.21. The Balaban J connectivity index is 1.34. The van der Waals surface area contributed by atoms with Gasteiger partial charge in [0.2, 0.25) is 5.91 Å². The molecule has 33 heavy (non-hydrogen) atoms. The fraction of sp³-hybridized carbons (Fsp3) is 0.280. The summed E-state index contributed by atoms with van der Waals surface area (Å²) in [5.41, 5.74) is 8.44. The maximum atomic E-state index is 12.6. The number of carbonyl (C=O) groups excluding carboxylic acids is 2. The zero-order valence-corrected chi connectivity index (χ0v) is 20.6. The van der Waals surface area contributed by atoms with E-state index in [-0.39, 0.29) is 5.91 Å². The number of hydrogen-bond donors (Lipinski definition) is 2. The van der Waals surface area contributed by atoms with Crippen LogP contribution in [0.25, 0.3) is 0 Å². The Hall–Kier alpha value is -2.32. The van der Waals surface area contributed by atoms with Gasteiger partial charge in [-0.05, 0) is 54.0 Å². The summed E-state index contributed by atoms with van der Waals surface area (Å²) in [5.74, 6) is 0.263. The maximum absolute atomic E-state index is 12.6. The molecule has 0 atom stereocenters. The summed E-state index contributed by atoms with van der Waals surface area (Å²) in [4.78, 5) is 29.4. The normalized spacial score (nSPS) is 13.5. The van der Waals surface area contributed by atoms with Crippen molar-refractivity contribution in [2.75, 3.05) is 17.6 Å². The van der Waals surface area contributed by atoms with Gasteiger partial charge in [0.05, 0.1) is 5.56 Å². The van der Waals surface area contributed by atoms with E-state index < -0.39 is 5.91 Å². The summed E-state index contributed by atoms with van der Waals surface area (Å²) >= 11 is 9.08. The van der Waals surface area contributed by atoms with Gasteiger partial charge in [0.15, 0.2) is 0 Å². The predicted octanol–water partition coefficient (Wildman–Crippen LogP) is 5.57. The molecule has 0 bridgehead atoms. The van der Waals surface area contributed by atoms with Gasteiger partial charge < -0.3 is 11.1 Å². The monoisotopic (exact) mass is 499 g/mol. The lowest BCUT2D eigenvalue weighted by Gasteiger charge is -2.27. The summed E-state index contributed by atoms with van der Waals surface area (Å²) in [6.07, 6.45) is 1.88. The molecule has 3 aromatic rings. The lowest BCUT2D eigenvalue weighted by molar-refractivity contribution is -0.116. The van der Waals surface area contributed by atoms with Gasteiger partial charge in [-0.15, -0.1) is 23.1 Å². The first-order chi connectivity index (χ1) is 16.0. The van der Waals surface area contributed by atoms with Crippen LogP contribution in [0.2, 0.25) is 5.02 Å². The summed E-state index contributed by atoms with van der Waals surface area (Å²) in [6.45, 7) is 2.47. The van der Waals surface area contributed by atoms with Crippen LogP contribution in [0.1, 0.15) is 39.2 Å². The first kappa shape index (κ1) is 23.8. The van der Waals surface area contributed by atoms with E-state index >= 15 is 0 Å². The van der Waals surface area contributed by atoms with Crippen LogP contribution in [0.5, 0.6) is 0 Å². The smallest absolute Gasteiger partial charge is 0.251 e. The Morgan fingerprint density at radius 3 is 2.61 bits per heavy atom. The molecule has 0 fully saturated rings. The molecule has 1 aliphatic heterocycles. The third-order valence-electron chi connectivity index (χ3n) is 5.51. The summed E-state index contributed by atoms with van der Waals surface area (Å²) in [5, 5.41) is 4.25. The van der Waals surface area contributed by atoms with Crippen molar-refractivity contribution in [2.24, 2.45) is 5.73 Å². The minimum absolute atomic E-state index is 0.0889. The molecule has 3 N–H and O–H groups in total. The molecule has 0 unspecified atom stereocenters. The lowest BCUT2D eigenvalue weighted by atomic mass is 10.0. The highest BCUT2D eigenvalue weighted by molar-refractivity contribution is 7.99. The Morgan fingerprint density at radius 2 is 1.88 bits per heavy atom. The molecule has 8 heteroatoms. The van der Waals surface area contributed by atoms with Crippen LogP contribution in [0.4, 0.5) is 5.00 Å². The van der Waals surface area contributed by atoms with Crippen molar-refractivity contribution in [3.8, 4) is 0 Å². The molecule has 4 rings (SSSR count). The summed E-state index contributed by atoms with van der Waals surface area (Å²) in [6, 6.07) is 18.0. The summed E-state index contributed by atoms with van der Waals surface area (Å²) in [7, 11) is 0. The van der Waals surface area contributed by atoms with Gasteiger partial charge in [0.25, 0.3) is 5.91 Å². The molecule has 2 aromatic carbocycles. The van der Waals surface area contributed by atoms with E-state index in [2.05, 4.69) is 22.3 Å². The third-order valence-corrected chi connectivity index (χ3v) is 8.00. The topological polar surface area (TPSA) is 75.4 Å². The highest BCUT2D eigenvalue weighted by atomic mass is 35.5. The predicted molar refractivity (Wildman–Crippen MR) is 137 cm³/mol. The number of benzene rings is 2. The second-order valence-corrected chi connectivity index (χ2v) is 10.7. The second-order valence-electron chi connectivity index (χ2n) is 7.97. The minimum Gasteiger partial charge on any atom is -0.365 e. The van der Waals surface area contributed by atoms with Crippen molar-refractivity contribution in [1.82, 2.24) is 4.90 Å². The largest absolute Gasteiger partial charge is 0.365 e. The molecule has 172 valence electrons. The van der Waals surface area contributed by atoms with Gasteiger partial charge in [-0.1, -0.05) is 41.9 Å². The average Bonchev–Trinajstić information content (AvgIpc) is 3.15.